The molecule has 4 aromatic rings. The van der Waals surface area contributed by atoms with Crippen molar-refractivity contribution in [2.45, 2.75) is 25.7 Å². The van der Waals surface area contributed by atoms with Crippen molar-refractivity contribution in [1.82, 2.24) is 29.6 Å². The fourth-order valence-electron chi connectivity index (χ4n) is 3.95. The van der Waals surface area contributed by atoms with Gasteiger partial charge in [-0.3, -0.25) is 15.2 Å². The first-order valence-corrected chi connectivity index (χ1v) is 12.2. The number of hydrogen-bond donors (Lipinski definition) is 3. The zero-order valence-corrected chi connectivity index (χ0v) is 21.8. The van der Waals surface area contributed by atoms with Gasteiger partial charge in [0.05, 0.1) is 5.92 Å². The van der Waals surface area contributed by atoms with Crippen LogP contribution >= 0.6 is 0 Å². The first-order valence-electron chi connectivity index (χ1n) is 12.2. The molecule has 2 aromatic heterocycles. The predicted octanol–water partition coefficient (Wildman–Crippen LogP) is 2.18. The van der Waals surface area contributed by atoms with Crippen LogP contribution < -0.4 is 16.2 Å². The Hall–Kier alpha value is -4.87. The molecule has 2 aromatic carbocycles. The van der Waals surface area contributed by atoms with Crippen molar-refractivity contribution in [3.05, 3.63) is 99.2 Å². The topological polar surface area (TPSA) is 156 Å². The van der Waals surface area contributed by atoms with Crippen LogP contribution in [0.4, 0.5) is 4.39 Å². The van der Waals surface area contributed by atoms with E-state index >= 15 is 4.39 Å². The third kappa shape index (κ3) is 6.17. The van der Waals surface area contributed by atoms with E-state index < -0.39 is 17.4 Å². The van der Waals surface area contributed by atoms with Crippen molar-refractivity contribution in [2.75, 3.05) is 20.7 Å². The molecule has 0 radical (unpaired) electrons. The highest BCUT2D eigenvalue weighted by atomic mass is 19.1. The molecule has 0 saturated carbocycles. The minimum Gasteiger partial charge on any atom is -0.481 e. The molecule has 39 heavy (non-hydrogen) atoms. The van der Waals surface area contributed by atoms with Gasteiger partial charge < -0.3 is 15.4 Å². The van der Waals surface area contributed by atoms with E-state index in [1.807, 2.05) is 6.92 Å². The smallest absolute Gasteiger partial charge is 0.350 e. The third-order valence-electron chi connectivity index (χ3n) is 6.17. The second-order valence-electron chi connectivity index (χ2n) is 9.07. The molecule has 4 rings (SSSR count). The maximum absolute atomic E-state index is 16.0. The number of carbonyl (C=O) groups excluding carboxylic acids is 1. The van der Waals surface area contributed by atoms with Crippen LogP contribution in [0.5, 0.6) is 5.75 Å². The summed E-state index contributed by atoms with van der Waals surface area (Å²) >= 11 is 0. The average molecular weight is 533 g/mol. The van der Waals surface area contributed by atoms with Gasteiger partial charge in [-0.25, -0.2) is 19.2 Å². The molecule has 0 aliphatic carbocycles. The molecule has 0 aliphatic rings. The first-order chi connectivity index (χ1) is 18.7. The Morgan fingerprint density at radius 2 is 1.87 bits per heavy atom. The van der Waals surface area contributed by atoms with E-state index in [0.29, 0.717) is 12.0 Å². The van der Waals surface area contributed by atoms with Gasteiger partial charge in [-0.2, -0.15) is 0 Å². The lowest BCUT2D eigenvalue weighted by molar-refractivity contribution is -0.130. The monoisotopic (exact) mass is 532 g/mol. The number of H-pyrrole nitrogens is 1. The zero-order valence-electron chi connectivity index (χ0n) is 21.8. The Kier molecular flexibility index (Phi) is 8.13. The highest BCUT2D eigenvalue weighted by molar-refractivity contribution is 5.94. The SMILES string of the molecule is CCc1cc(OCC(=O)N(C)C)c(F)c(C(Cc2ccc(C(=N)N)cc2)c2nn(-c3ncccn3)c(=O)[nH]2)c1. The Morgan fingerprint density at radius 3 is 2.49 bits per heavy atom. The lowest BCUT2D eigenvalue weighted by Gasteiger charge is -2.20. The number of aryl methyl sites for hydroxylation is 1. The molecule has 1 atom stereocenters. The van der Waals surface area contributed by atoms with Crippen LogP contribution in [-0.4, -0.2) is 62.1 Å². The molecule has 0 aliphatic heterocycles. The number of aromatic amines is 1. The molecule has 0 bridgehead atoms. The maximum Gasteiger partial charge on any atom is 0.350 e. The fourth-order valence-corrected chi connectivity index (χ4v) is 3.95. The number of carbonyl (C=O) groups is 1. The van der Waals surface area contributed by atoms with Crippen LogP contribution in [0.2, 0.25) is 0 Å². The predicted molar refractivity (Wildman–Crippen MR) is 143 cm³/mol. The van der Waals surface area contributed by atoms with Crippen LogP contribution in [-0.2, 0) is 17.6 Å². The molecule has 0 spiro atoms. The molecule has 12 heteroatoms. The molecule has 4 N–H and O–H groups in total. The van der Waals surface area contributed by atoms with E-state index in [2.05, 4.69) is 20.1 Å². The van der Waals surface area contributed by atoms with Crippen molar-refractivity contribution in [3.8, 4) is 11.7 Å². The number of halogens is 1. The highest BCUT2D eigenvalue weighted by Crippen LogP contribution is 2.34. The fraction of sp³-hybridized carbons (Fsp3) is 0.259. The van der Waals surface area contributed by atoms with E-state index in [1.54, 1.807) is 56.6 Å². The number of hydrogen-bond acceptors (Lipinski definition) is 7. The molecule has 0 saturated heterocycles. The number of benzene rings is 2. The van der Waals surface area contributed by atoms with Gasteiger partial charge in [0.1, 0.15) is 11.7 Å². The van der Waals surface area contributed by atoms with Crippen molar-refractivity contribution in [2.24, 2.45) is 5.73 Å². The van der Waals surface area contributed by atoms with Gasteiger partial charge >= 0.3 is 5.69 Å². The van der Waals surface area contributed by atoms with Crippen LogP contribution in [0.3, 0.4) is 0 Å². The van der Waals surface area contributed by atoms with Crippen molar-refractivity contribution in [3.63, 3.8) is 0 Å². The summed E-state index contributed by atoms with van der Waals surface area (Å²) in [5, 5.41) is 12.1. The molecule has 11 nitrogen and oxygen atoms in total. The number of rotatable bonds is 10. The van der Waals surface area contributed by atoms with Gasteiger partial charge in [0, 0.05) is 37.6 Å². The van der Waals surface area contributed by atoms with Crippen LogP contribution in [0.15, 0.2) is 59.7 Å². The lowest BCUT2D eigenvalue weighted by Crippen LogP contribution is -2.27. The van der Waals surface area contributed by atoms with Crippen molar-refractivity contribution >= 4 is 11.7 Å². The summed E-state index contributed by atoms with van der Waals surface area (Å²) < 4.78 is 22.7. The van der Waals surface area contributed by atoms with Crippen molar-refractivity contribution in [1.29, 1.82) is 5.41 Å². The lowest BCUT2D eigenvalue weighted by atomic mass is 9.89. The summed E-state index contributed by atoms with van der Waals surface area (Å²) in [6, 6.07) is 11.9. The summed E-state index contributed by atoms with van der Waals surface area (Å²) in [6.07, 6.45) is 3.80. The van der Waals surface area contributed by atoms with Crippen molar-refractivity contribution < 1.29 is 13.9 Å². The van der Waals surface area contributed by atoms with Crippen LogP contribution in [0, 0.1) is 11.2 Å². The molecule has 0 fully saturated rings. The third-order valence-corrected chi connectivity index (χ3v) is 6.17. The standard InChI is InChI=1S/C27H29FN8O3/c1-4-16-12-19(23(28)21(14-16)39-15-22(37)35(2)3)20(13-17-6-8-18(9-7-17)24(29)30)25-33-27(38)36(34-25)26-31-10-5-11-32-26/h5-12,14,20H,4,13,15H2,1-3H3,(H3,29,30)(H,33,34,38). The summed E-state index contributed by atoms with van der Waals surface area (Å²) in [5.74, 6) is -1.58. The Labute approximate surface area is 224 Å². The number of nitrogen functional groups attached to an aromatic ring is 1. The molecule has 2 heterocycles. The molecule has 1 amide bonds. The second-order valence-corrected chi connectivity index (χ2v) is 9.07. The normalized spacial score (nSPS) is 11.7. The number of nitrogens with two attached hydrogens (primary N) is 1. The van der Waals surface area contributed by atoms with E-state index in [0.717, 1.165) is 15.8 Å². The van der Waals surface area contributed by atoms with Crippen LogP contribution in [0.1, 0.15) is 40.9 Å². The minimum atomic E-state index is -0.746. The average Bonchev–Trinajstić information content (AvgIpc) is 3.32. The highest BCUT2D eigenvalue weighted by Gasteiger charge is 2.27. The summed E-state index contributed by atoms with van der Waals surface area (Å²) in [4.78, 5) is 37.2. The van der Waals surface area contributed by atoms with E-state index in [1.165, 1.54) is 17.3 Å². The number of nitrogens with zero attached hydrogens (tertiary/aromatic N) is 5. The number of nitrogens with one attached hydrogen (secondary N) is 2. The van der Waals surface area contributed by atoms with Gasteiger partial charge in [0.15, 0.2) is 18.2 Å². The molecular weight excluding hydrogens is 503 g/mol. The summed E-state index contributed by atoms with van der Waals surface area (Å²) in [6.45, 7) is 1.59. The van der Waals surface area contributed by atoms with Crippen LogP contribution in [0.25, 0.3) is 5.95 Å². The number of aromatic nitrogens is 5. The second kappa shape index (κ2) is 11.7. The zero-order chi connectivity index (χ0) is 28.1. The largest absolute Gasteiger partial charge is 0.481 e. The van der Waals surface area contributed by atoms with Gasteiger partial charge in [-0.15, -0.1) is 9.78 Å². The summed E-state index contributed by atoms with van der Waals surface area (Å²) in [5.41, 5.74) is 7.38. The summed E-state index contributed by atoms with van der Waals surface area (Å²) in [7, 11) is 3.18. The number of likely N-dealkylation sites (N-methyl/N-ethyl adjacent to an activating group) is 1. The van der Waals surface area contributed by atoms with Gasteiger partial charge in [0.25, 0.3) is 11.9 Å². The van der Waals surface area contributed by atoms with E-state index in [-0.39, 0.29) is 47.9 Å². The minimum absolute atomic E-state index is 0.0651. The van der Waals surface area contributed by atoms with Gasteiger partial charge in [-0.1, -0.05) is 37.3 Å². The van der Waals surface area contributed by atoms with Gasteiger partial charge in [0.2, 0.25) is 0 Å². The van der Waals surface area contributed by atoms with Gasteiger partial charge in [-0.05, 0) is 36.1 Å². The number of ether oxygens (including phenoxy) is 1. The van der Waals surface area contributed by atoms with E-state index in [4.69, 9.17) is 15.9 Å². The quantitative estimate of drug-likeness (QED) is 0.209. The maximum atomic E-state index is 16.0. The van der Waals surface area contributed by atoms with E-state index in [9.17, 15) is 9.59 Å². The molecular formula is C27H29FN8O3. The number of amidine groups is 1. The first kappa shape index (κ1) is 27.2. The molecule has 1 unspecified atom stereocenters. The number of amides is 1. The molecule has 202 valence electrons. The Morgan fingerprint density at radius 1 is 1.18 bits per heavy atom. The Balaban J connectivity index is 1.82. The Bertz CT molecular complexity index is 1530.